The van der Waals surface area contributed by atoms with Gasteiger partial charge in [0.2, 0.25) is 5.91 Å². The predicted octanol–water partition coefficient (Wildman–Crippen LogP) is 3.12. The Hall–Kier alpha value is -2.05. The number of carbonyl (C=O) groups excluding carboxylic acids is 2. The molecule has 0 radical (unpaired) electrons. The first-order chi connectivity index (χ1) is 11.1. The van der Waals surface area contributed by atoms with Crippen molar-refractivity contribution in [3.63, 3.8) is 0 Å². The molecule has 1 aliphatic heterocycles. The molecule has 1 saturated heterocycles. The molecule has 0 saturated carbocycles. The van der Waals surface area contributed by atoms with E-state index in [1.807, 2.05) is 11.4 Å². The van der Waals surface area contributed by atoms with Crippen LogP contribution in [0, 0.1) is 5.92 Å². The second-order valence-corrected chi connectivity index (χ2v) is 6.58. The summed E-state index contributed by atoms with van der Waals surface area (Å²) in [5.41, 5.74) is 0.615. The fourth-order valence-corrected chi connectivity index (χ4v) is 3.30. The van der Waals surface area contributed by atoms with Crippen molar-refractivity contribution < 1.29 is 14.3 Å². The van der Waals surface area contributed by atoms with E-state index in [1.165, 1.54) is 18.4 Å². The third-order valence-corrected chi connectivity index (χ3v) is 4.84. The minimum absolute atomic E-state index is 0.0171. The average molecular weight is 351 g/mol. The molecule has 7 heteroatoms. The maximum Gasteiger partial charge on any atom is 0.263 e. The van der Waals surface area contributed by atoms with Gasteiger partial charge in [0.05, 0.1) is 22.9 Å². The average Bonchev–Trinajstić information content (AvgIpc) is 3.00. The Balaban J connectivity index is 1.55. The van der Waals surface area contributed by atoms with Crippen molar-refractivity contribution in [2.24, 2.45) is 5.92 Å². The number of hydrogen-bond donors (Lipinski definition) is 1. The smallest absolute Gasteiger partial charge is 0.263 e. The van der Waals surface area contributed by atoms with Gasteiger partial charge in [-0.15, -0.1) is 11.3 Å². The third kappa shape index (κ3) is 3.33. The van der Waals surface area contributed by atoms with Crippen LogP contribution in [-0.4, -0.2) is 36.9 Å². The molecule has 0 aliphatic carbocycles. The molecule has 0 unspecified atom stereocenters. The van der Waals surface area contributed by atoms with E-state index in [0.29, 0.717) is 34.4 Å². The van der Waals surface area contributed by atoms with E-state index in [2.05, 4.69) is 5.32 Å². The number of benzene rings is 1. The summed E-state index contributed by atoms with van der Waals surface area (Å²) < 4.78 is 5.07. The Labute approximate surface area is 142 Å². The first-order valence-corrected chi connectivity index (χ1v) is 8.31. The summed E-state index contributed by atoms with van der Waals surface area (Å²) in [5, 5.41) is 5.12. The molecule has 1 fully saturated rings. The lowest BCUT2D eigenvalue weighted by molar-refractivity contribution is -0.123. The molecule has 0 atom stereocenters. The van der Waals surface area contributed by atoms with Crippen molar-refractivity contribution in [2.75, 3.05) is 25.5 Å². The Morgan fingerprint density at radius 1 is 1.35 bits per heavy atom. The third-order valence-electron chi connectivity index (χ3n) is 3.69. The van der Waals surface area contributed by atoms with E-state index in [0.717, 1.165) is 0 Å². The van der Waals surface area contributed by atoms with Crippen LogP contribution in [0.2, 0.25) is 5.02 Å². The van der Waals surface area contributed by atoms with Gasteiger partial charge in [-0.25, -0.2) is 0 Å². The summed E-state index contributed by atoms with van der Waals surface area (Å²) in [6, 6.07) is 8.71. The lowest BCUT2D eigenvalue weighted by atomic mass is 9.98. The van der Waals surface area contributed by atoms with Crippen molar-refractivity contribution >= 4 is 40.4 Å². The van der Waals surface area contributed by atoms with Crippen LogP contribution < -0.4 is 10.1 Å². The predicted molar refractivity (Wildman–Crippen MR) is 90.3 cm³/mol. The number of halogens is 1. The zero-order valence-corrected chi connectivity index (χ0v) is 14.0. The Morgan fingerprint density at radius 2 is 2.13 bits per heavy atom. The molecule has 1 aliphatic rings. The van der Waals surface area contributed by atoms with Gasteiger partial charge in [0.15, 0.2) is 0 Å². The number of carbonyl (C=O) groups is 2. The normalized spacial score (nSPS) is 14.3. The number of ether oxygens (including phenoxy) is 1. The van der Waals surface area contributed by atoms with Gasteiger partial charge < -0.3 is 15.0 Å². The largest absolute Gasteiger partial charge is 0.495 e. The number of rotatable bonds is 4. The number of thiophene rings is 1. The Bertz CT molecular complexity index is 727. The number of nitrogens with zero attached hydrogens (tertiary/aromatic N) is 1. The molecule has 2 amide bonds. The van der Waals surface area contributed by atoms with Crippen LogP contribution in [0.25, 0.3) is 0 Å². The van der Waals surface area contributed by atoms with Gasteiger partial charge in [0.1, 0.15) is 5.75 Å². The monoisotopic (exact) mass is 350 g/mol. The lowest BCUT2D eigenvalue weighted by Crippen LogP contribution is -2.54. The number of methoxy groups -OCH3 is 1. The highest BCUT2D eigenvalue weighted by Gasteiger charge is 2.36. The summed E-state index contributed by atoms with van der Waals surface area (Å²) in [7, 11) is 1.53. The van der Waals surface area contributed by atoms with Crippen molar-refractivity contribution in [2.45, 2.75) is 0 Å². The highest BCUT2D eigenvalue weighted by Crippen LogP contribution is 2.28. The molecule has 1 N–H and O–H groups in total. The van der Waals surface area contributed by atoms with Crippen LogP contribution in [0.5, 0.6) is 5.75 Å². The molecule has 1 aromatic carbocycles. The molecule has 3 rings (SSSR count). The molecule has 2 aromatic rings. The number of likely N-dealkylation sites (tertiary alicyclic amines) is 1. The van der Waals surface area contributed by atoms with Crippen molar-refractivity contribution in [1.29, 1.82) is 0 Å². The topological polar surface area (TPSA) is 58.6 Å². The van der Waals surface area contributed by atoms with Gasteiger partial charge in [0.25, 0.3) is 5.91 Å². The minimum Gasteiger partial charge on any atom is -0.495 e. The van der Waals surface area contributed by atoms with Crippen molar-refractivity contribution in [3.8, 4) is 5.75 Å². The Morgan fingerprint density at radius 3 is 2.74 bits per heavy atom. The van der Waals surface area contributed by atoms with Crippen molar-refractivity contribution in [1.82, 2.24) is 4.90 Å². The molecule has 0 spiro atoms. The SMILES string of the molecule is COc1ccc(NC(=O)C2CN(C(=O)c3cccs3)C2)cc1Cl. The van der Waals surface area contributed by atoms with E-state index in [9.17, 15) is 9.59 Å². The molecule has 23 heavy (non-hydrogen) atoms. The summed E-state index contributed by atoms with van der Waals surface area (Å²) in [6.45, 7) is 0.874. The van der Waals surface area contributed by atoms with Crippen molar-refractivity contribution in [3.05, 3.63) is 45.6 Å². The number of amides is 2. The number of anilines is 1. The maximum atomic E-state index is 12.2. The zero-order chi connectivity index (χ0) is 16.4. The fourth-order valence-electron chi connectivity index (χ4n) is 2.35. The molecular formula is C16H15ClN2O3S. The zero-order valence-electron chi connectivity index (χ0n) is 12.4. The highest BCUT2D eigenvalue weighted by atomic mass is 35.5. The van der Waals surface area contributed by atoms with Gasteiger partial charge in [-0.2, -0.15) is 0 Å². The maximum absolute atomic E-state index is 12.2. The van der Waals surface area contributed by atoms with Crippen LogP contribution in [-0.2, 0) is 4.79 Å². The van der Waals surface area contributed by atoms with Crippen LogP contribution in [0.1, 0.15) is 9.67 Å². The molecule has 5 nitrogen and oxygen atoms in total. The van der Waals surface area contributed by atoms with Gasteiger partial charge in [0, 0.05) is 18.8 Å². The second kappa shape index (κ2) is 6.60. The number of hydrogen-bond acceptors (Lipinski definition) is 4. The van der Waals surface area contributed by atoms with E-state index in [1.54, 1.807) is 29.2 Å². The first kappa shape index (κ1) is 15.8. The highest BCUT2D eigenvalue weighted by molar-refractivity contribution is 7.12. The molecule has 1 aromatic heterocycles. The van der Waals surface area contributed by atoms with E-state index in [4.69, 9.17) is 16.3 Å². The quantitative estimate of drug-likeness (QED) is 0.921. The summed E-state index contributed by atoms with van der Waals surface area (Å²) in [4.78, 5) is 26.7. The molecule has 120 valence electrons. The standard InChI is InChI=1S/C16H15ClN2O3S/c1-22-13-5-4-11(7-12(13)17)18-15(20)10-8-19(9-10)16(21)14-3-2-6-23-14/h2-7,10H,8-9H2,1H3,(H,18,20). The summed E-state index contributed by atoms with van der Waals surface area (Å²) >= 11 is 7.44. The van der Waals surface area contributed by atoms with E-state index in [-0.39, 0.29) is 17.7 Å². The molecular weight excluding hydrogens is 336 g/mol. The van der Waals surface area contributed by atoms with Crippen LogP contribution in [0.3, 0.4) is 0 Å². The fraction of sp³-hybridized carbons (Fsp3) is 0.250. The Kier molecular flexibility index (Phi) is 4.54. The van der Waals surface area contributed by atoms with Crippen LogP contribution in [0.15, 0.2) is 35.7 Å². The molecule has 0 bridgehead atoms. The van der Waals surface area contributed by atoms with Gasteiger partial charge >= 0.3 is 0 Å². The minimum atomic E-state index is -0.195. The second-order valence-electron chi connectivity index (χ2n) is 5.22. The number of nitrogens with one attached hydrogen (secondary N) is 1. The lowest BCUT2D eigenvalue weighted by Gasteiger charge is -2.37. The van der Waals surface area contributed by atoms with E-state index >= 15 is 0 Å². The van der Waals surface area contributed by atoms with E-state index < -0.39 is 0 Å². The van der Waals surface area contributed by atoms with Gasteiger partial charge in [-0.3, -0.25) is 9.59 Å². The van der Waals surface area contributed by atoms with Crippen LogP contribution in [0.4, 0.5) is 5.69 Å². The first-order valence-electron chi connectivity index (χ1n) is 7.05. The van der Waals surface area contributed by atoms with Crippen LogP contribution >= 0.6 is 22.9 Å². The van der Waals surface area contributed by atoms with Gasteiger partial charge in [-0.05, 0) is 29.6 Å². The summed E-state index contributed by atoms with van der Waals surface area (Å²) in [6.07, 6.45) is 0. The summed E-state index contributed by atoms with van der Waals surface area (Å²) in [5.74, 6) is 0.235. The molecule has 2 heterocycles. The van der Waals surface area contributed by atoms with Gasteiger partial charge in [-0.1, -0.05) is 17.7 Å².